The van der Waals surface area contributed by atoms with Crippen LogP contribution in [-0.4, -0.2) is 28.4 Å². The van der Waals surface area contributed by atoms with E-state index < -0.39 is 5.60 Å². The van der Waals surface area contributed by atoms with Crippen molar-refractivity contribution in [2.24, 2.45) is 0 Å². The first-order valence-corrected chi connectivity index (χ1v) is 10.8. The molecule has 1 fully saturated rings. The van der Waals surface area contributed by atoms with Crippen LogP contribution in [-0.2, 0) is 16.1 Å². The maximum absolute atomic E-state index is 13.1. The topological polar surface area (TPSA) is 58.4 Å². The summed E-state index contributed by atoms with van der Waals surface area (Å²) >= 11 is 0. The predicted octanol–water partition coefficient (Wildman–Crippen LogP) is 5.21. The molecule has 164 valence electrons. The first-order chi connectivity index (χ1) is 15.3. The fourth-order valence-electron chi connectivity index (χ4n) is 3.83. The fourth-order valence-corrected chi connectivity index (χ4v) is 3.83. The number of ether oxygens (including phenoxy) is 1. The lowest BCUT2D eigenvalue weighted by molar-refractivity contribution is -0.116. The van der Waals surface area contributed by atoms with Crippen molar-refractivity contribution < 1.29 is 14.3 Å². The normalized spacial score (nSPS) is 19.8. The summed E-state index contributed by atoms with van der Waals surface area (Å²) in [5.41, 5.74) is 2.89. The molecule has 3 aromatic carbocycles. The molecule has 1 saturated heterocycles. The van der Waals surface area contributed by atoms with Gasteiger partial charge in [-0.05, 0) is 56.2 Å². The first kappa shape index (κ1) is 21.8. The molecule has 0 spiro atoms. The summed E-state index contributed by atoms with van der Waals surface area (Å²) in [6.45, 7) is 6.22. The second kappa shape index (κ2) is 8.97. The summed E-state index contributed by atoms with van der Waals surface area (Å²) in [7, 11) is 0. The van der Waals surface area contributed by atoms with Gasteiger partial charge < -0.3 is 10.1 Å². The monoisotopic (exact) mass is 428 g/mol. The highest BCUT2D eigenvalue weighted by Gasteiger charge is 2.53. The highest BCUT2D eigenvalue weighted by atomic mass is 16.6. The molecule has 1 heterocycles. The van der Waals surface area contributed by atoms with Crippen LogP contribution in [0, 0.1) is 0 Å². The molecule has 1 aliphatic heterocycles. The zero-order chi connectivity index (χ0) is 22.7. The quantitative estimate of drug-likeness (QED) is 0.433. The van der Waals surface area contributed by atoms with Gasteiger partial charge in [-0.15, -0.1) is 0 Å². The van der Waals surface area contributed by atoms with Crippen LogP contribution < -0.4 is 5.32 Å². The van der Waals surface area contributed by atoms with Crippen LogP contribution in [0.4, 0.5) is 5.69 Å². The predicted molar refractivity (Wildman–Crippen MR) is 125 cm³/mol. The summed E-state index contributed by atoms with van der Waals surface area (Å²) in [6, 6.07) is 26.6. The van der Waals surface area contributed by atoms with Gasteiger partial charge >= 0.3 is 5.97 Å². The Bertz CT molecular complexity index is 1070. The molecule has 32 heavy (non-hydrogen) atoms. The molecule has 3 aromatic rings. The van der Waals surface area contributed by atoms with Crippen molar-refractivity contribution in [1.29, 1.82) is 0 Å². The molecule has 0 aromatic heterocycles. The zero-order valence-electron chi connectivity index (χ0n) is 18.6. The number of hydrogen-bond acceptors (Lipinski definition) is 4. The highest BCUT2D eigenvalue weighted by molar-refractivity contribution is 5.97. The molecule has 4 rings (SSSR count). The minimum Gasteiger partial charge on any atom is -0.456 e. The number of esters is 1. The fraction of sp³-hybridized carbons (Fsp3) is 0.259. The third-order valence-electron chi connectivity index (χ3n) is 5.33. The number of amides is 1. The Morgan fingerprint density at radius 3 is 2.06 bits per heavy atom. The number of benzene rings is 3. The van der Waals surface area contributed by atoms with Gasteiger partial charge in [0.15, 0.2) is 0 Å². The van der Waals surface area contributed by atoms with Crippen molar-refractivity contribution in [3.05, 3.63) is 102 Å². The molecule has 1 amide bonds. The number of nitrogens with one attached hydrogen (secondary N) is 1. The molecule has 1 N–H and O–H groups in total. The summed E-state index contributed by atoms with van der Waals surface area (Å²) < 4.78 is 5.45. The number of carbonyl (C=O) groups excluding carboxylic acids is 2. The summed E-state index contributed by atoms with van der Waals surface area (Å²) in [5.74, 6) is -0.382. The molecule has 0 aliphatic carbocycles. The largest absolute Gasteiger partial charge is 0.456 e. The lowest BCUT2D eigenvalue weighted by atomic mass is 10.1. The van der Waals surface area contributed by atoms with Gasteiger partial charge in [-0.3, -0.25) is 9.69 Å². The van der Waals surface area contributed by atoms with Crippen molar-refractivity contribution >= 4 is 17.6 Å². The van der Waals surface area contributed by atoms with Crippen molar-refractivity contribution in [2.75, 3.05) is 5.32 Å². The average Bonchev–Trinajstić information content (AvgIpc) is 3.48. The standard InChI is InChI=1S/C27H28N2O3/c1-27(2,3)32-26(31)21-16-14-20(15-17-21)23-24(25(30)28-22-12-8-5-9-13-22)29(23)18-19-10-6-4-7-11-19/h4-17,23-24H,18H2,1-3H3,(H,28,30)/t23-,24+,29?/m0/s1. The molecule has 5 nitrogen and oxygen atoms in total. The lowest BCUT2D eigenvalue weighted by Gasteiger charge is -2.19. The van der Waals surface area contributed by atoms with Gasteiger partial charge in [0.05, 0.1) is 11.6 Å². The van der Waals surface area contributed by atoms with E-state index in [1.54, 1.807) is 12.1 Å². The van der Waals surface area contributed by atoms with Gasteiger partial charge in [0.25, 0.3) is 0 Å². The number of nitrogens with zero attached hydrogens (tertiary/aromatic N) is 1. The van der Waals surface area contributed by atoms with Crippen LogP contribution in [0.3, 0.4) is 0 Å². The van der Waals surface area contributed by atoms with E-state index in [-0.39, 0.29) is 24.0 Å². The van der Waals surface area contributed by atoms with E-state index in [0.717, 1.165) is 16.8 Å². The van der Waals surface area contributed by atoms with Crippen LogP contribution in [0.25, 0.3) is 0 Å². The number of rotatable bonds is 6. The van der Waals surface area contributed by atoms with Gasteiger partial charge in [0.2, 0.25) is 5.91 Å². The molecule has 0 saturated carbocycles. The van der Waals surface area contributed by atoms with Crippen LogP contribution >= 0.6 is 0 Å². The third kappa shape index (κ3) is 5.24. The Labute approximate surface area is 189 Å². The van der Waals surface area contributed by atoms with E-state index in [1.807, 2.05) is 81.4 Å². The molecular weight excluding hydrogens is 400 g/mol. The Morgan fingerprint density at radius 2 is 1.47 bits per heavy atom. The van der Waals surface area contributed by atoms with E-state index in [0.29, 0.717) is 12.1 Å². The van der Waals surface area contributed by atoms with E-state index in [2.05, 4.69) is 22.3 Å². The molecule has 1 aliphatic rings. The number of carbonyl (C=O) groups is 2. The average molecular weight is 429 g/mol. The van der Waals surface area contributed by atoms with Crippen molar-refractivity contribution in [1.82, 2.24) is 4.90 Å². The number of hydrogen-bond donors (Lipinski definition) is 1. The number of anilines is 1. The Morgan fingerprint density at radius 1 is 0.875 bits per heavy atom. The second-order valence-corrected chi connectivity index (χ2v) is 9.03. The van der Waals surface area contributed by atoms with Gasteiger partial charge in [-0.2, -0.15) is 0 Å². The summed E-state index contributed by atoms with van der Waals surface area (Å²) in [5, 5.41) is 3.02. The Kier molecular flexibility index (Phi) is 6.10. The van der Waals surface area contributed by atoms with Crippen LogP contribution in [0.15, 0.2) is 84.9 Å². The molecular formula is C27H28N2O3. The van der Waals surface area contributed by atoms with Crippen LogP contribution in [0.2, 0.25) is 0 Å². The van der Waals surface area contributed by atoms with Gasteiger partial charge in [-0.25, -0.2) is 4.79 Å². The van der Waals surface area contributed by atoms with E-state index in [1.165, 1.54) is 0 Å². The Balaban J connectivity index is 1.52. The maximum atomic E-state index is 13.1. The molecule has 0 radical (unpaired) electrons. The molecule has 3 atom stereocenters. The third-order valence-corrected chi connectivity index (χ3v) is 5.33. The molecule has 5 heteroatoms. The molecule has 0 bridgehead atoms. The van der Waals surface area contributed by atoms with Crippen LogP contribution in [0.1, 0.15) is 48.3 Å². The number of para-hydroxylation sites is 1. The van der Waals surface area contributed by atoms with E-state index in [4.69, 9.17) is 4.74 Å². The van der Waals surface area contributed by atoms with E-state index in [9.17, 15) is 9.59 Å². The van der Waals surface area contributed by atoms with Gasteiger partial charge in [0, 0.05) is 12.2 Å². The van der Waals surface area contributed by atoms with Crippen LogP contribution in [0.5, 0.6) is 0 Å². The SMILES string of the molecule is CC(C)(C)OC(=O)c1ccc([C@H]2[C@H](C(=O)Nc3ccccc3)N2Cc2ccccc2)cc1. The van der Waals surface area contributed by atoms with Crippen molar-refractivity contribution in [3.8, 4) is 0 Å². The molecule has 1 unspecified atom stereocenters. The Hall–Kier alpha value is -3.44. The lowest BCUT2D eigenvalue weighted by Crippen LogP contribution is -2.23. The van der Waals surface area contributed by atoms with Gasteiger partial charge in [-0.1, -0.05) is 60.7 Å². The smallest absolute Gasteiger partial charge is 0.338 e. The minimum absolute atomic E-state index is 0.0339. The summed E-state index contributed by atoms with van der Waals surface area (Å²) in [4.78, 5) is 27.6. The minimum atomic E-state index is -0.542. The van der Waals surface area contributed by atoms with E-state index >= 15 is 0 Å². The van der Waals surface area contributed by atoms with Gasteiger partial charge in [0.1, 0.15) is 11.6 Å². The maximum Gasteiger partial charge on any atom is 0.338 e. The first-order valence-electron chi connectivity index (χ1n) is 10.8. The highest BCUT2D eigenvalue weighted by Crippen LogP contribution is 2.45. The summed E-state index contributed by atoms with van der Waals surface area (Å²) in [6.07, 6.45) is 0. The van der Waals surface area contributed by atoms with Crippen molar-refractivity contribution in [3.63, 3.8) is 0 Å². The second-order valence-electron chi connectivity index (χ2n) is 9.03. The zero-order valence-corrected chi connectivity index (χ0v) is 18.6. The van der Waals surface area contributed by atoms with Crippen molar-refractivity contribution in [2.45, 2.75) is 45.0 Å².